The van der Waals surface area contributed by atoms with E-state index < -0.39 is 0 Å². The topological polar surface area (TPSA) is 38.1 Å². The van der Waals surface area contributed by atoms with Crippen LogP contribution in [0.25, 0.3) is 0 Å². The SMILES string of the molecule is Cc1noc(C)c1C(C)NC1CC(c2ccccc2Cl)C1. The Kier molecular flexibility index (Phi) is 4.05. The zero-order valence-corrected chi connectivity index (χ0v) is 13.4. The number of hydrogen-bond donors (Lipinski definition) is 1. The smallest absolute Gasteiger partial charge is 0.138 e. The van der Waals surface area contributed by atoms with Crippen LogP contribution in [0.5, 0.6) is 0 Å². The summed E-state index contributed by atoms with van der Waals surface area (Å²) in [5, 5.41) is 8.60. The molecule has 3 nitrogen and oxygen atoms in total. The fraction of sp³-hybridized carbons (Fsp3) is 0.471. The van der Waals surface area contributed by atoms with Crippen LogP contribution in [0.15, 0.2) is 28.8 Å². The number of halogens is 1. The van der Waals surface area contributed by atoms with Crippen molar-refractivity contribution >= 4 is 11.6 Å². The van der Waals surface area contributed by atoms with Crippen molar-refractivity contribution in [1.82, 2.24) is 10.5 Å². The molecular formula is C17H21ClN2O. The van der Waals surface area contributed by atoms with E-state index in [0.29, 0.717) is 12.0 Å². The van der Waals surface area contributed by atoms with Crippen molar-refractivity contribution in [2.45, 2.75) is 51.6 Å². The van der Waals surface area contributed by atoms with E-state index >= 15 is 0 Å². The number of hydrogen-bond acceptors (Lipinski definition) is 3. The van der Waals surface area contributed by atoms with Crippen LogP contribution >= 0.6 is 11.6 Å². The van der Waals surface area contributed by atoms with Crippen LogP contribution in [0.3, 0.4) is 0 Å². The van der Waals surface area contributed by atoms with E-state index in [2.05, 4.69) is 29.5 Å². The van der Waals surface area contributed by atoms with Crippen LogP contribution in [-0.2, 0) is 0 Å². The monoisotopic (exact) mass is 304 g/mol. The normalized spacial score (nSPS) is 22.9. The largest absolute Gasteiger partial charge is 0.361 e. The lowest BCUT2D eigenvalue weighted by Gasteiger charge is -2.38. The van der Waals surface area contributed by atoms with Gasteiger partial charge in [0.15, 0.2) is 0 Å². The summed E-state index contributed by atoms with van der Waals surface area (Å²) in [6.07, 6.45) is 2.27. The van der Waals surface area contributed by atoms with E-state index in [-0.39, 0.29) is 6.04 Å². The van der Waals surface area contributed by atoms with Gasteiger partial charge in [-0.25, -0.2) is 0 Å². The van der Waals surface area contributed by atoms with Gasteiger partial charge in [0.25, 0.3) is 0 Å². The lowest BCUT2D eigenvalue weighted by atomic mass is 9.75. The lowest BCUT2D eigenvalue weighted by molar-refractivity contribution is 0.270. The Morgan fingerprint density at radius 1 is 1.29 bits per heavy atom. The molecule has 0 saturated heterocycles. The van der Waals surface area contributed by atoms with Gasteiger partial charge < -0.3 is 9.84 Å². The van der Waals surface area contributed by atoms with Crippen molar-refractivity contribution in [3.63, 3.8) is 0 Å². The standard InChI is InChI=1S/C17H21ClN2O/c1-10(17-11(2)20-21-12(17)3)19-14-8-13(9-14)15-6-4-5-7-16(15)18/h4-7,10,13-14,19H,8-9H2,1-3H3. The molecule has 1 aliphatic rings. The minimum atomic E-state index is 0.272. The first-order chi connectivity index (χ1) is 10.1. The molecule has 0 amide bonds. The van der Waals surface area contributed by atoms with Crippen LogP contribution in [0.2, 0.25) is 5.02 Å². The third-order valence-corrected chi connectivity index (χ3v) is 4.83. The van der Waals surface area contributed by atoms with Gasteiger partial charge in [0.05, 0.1) is 5.69 Å². The maximum Gasteiger partial charge on any atom is 0.138 e. The summed E-state index contributed by atoms with van der Waals surface area (Å²) in [4.78, 5) is 0. The van der Waals surface area contributed by atoms with E-state index in [0.717, 1.165) is 29.3 Å². The number of nitrogens with zero attached hydrogens (tertiary/aromatic N) is 1. The Labute approximate surface area is 130 Å². The zero-order chi connectivity index (χ0) is 15.0. The molecule has 0 aliphatic heterocycles. The third-order valence-electron chi connectivity index (χ3n) is 4.49. The molecule has 4 heteroatoms. The predicted molar refractivity (Wildman–Crippen MR) is 84.7 cm³/mol. The molecule has 0 radical (unpaired) electrons. The third kappa shape index (κ3) is 2.85. The quantitative estimate of drug-likeness (QED) is 0.901. The zero-order valence-electron chi connectivity index (χ0n) is 12.7. The molecule has 1 heterocycles. The fourth-order valence-corrected chi connectivity index (χ4v) is 3.65. The van der Waals surface area contributed by atoms with Crippen LogP contribution in [0.1, 0.15) is 54.3 Å². The highest BCUT2D eigenvalue weighted by Gasteiger charge is 2.33. The highest BCUT2D eigenvalue weighted by atomic mass is 35.5. The lowest BCUT2D eigenvalue weighted by Crippen LogP contribution is -2.41. The van der Waals surface area contributed by atoms with E-state index in [9.17, 15) is 0 Å². The number of nitrogens with one attached hydrogen (secondary N) is 1. The summed E-state index contributed by atoms with van der Waals surface area (Å²) in [5.41, 5.74) is 3.45. The van der Waals surface area contributed by atoms with Crippen molar-refractivity contribution in [2.24, 2.45) is 0 Å². The highest BCUT2D eigenvalue weighted by Crippen LogP contribution is 2.40. The second-order valence-corrected chi connectivity index (χ2v) is 6.42. The first-order valence-corrected chi connectivity index (χ1v) is 7.87. The Bertz CT molecular complexity index is 612. The van der Waals surface area contributed by atoms with Gasteiger partial charge in [-0.2, -0.15) is 0 Å². The van der Waals surface area contributed by atoms with Crippen LogP contribution in [0, 0.1) is 13.8 Å². The molecule has 0 spiro atoms. The van der Waals surface area contributed by atoms with Crippen molar-refractivity contribution < 1.29 is 4.52 Å². The van der Waals surface area contributed by atoms with Gasteiger partial charge in [0.2, 0.25) is 0 Å². The van der Waals surface area contributed by atoms with Gasteiger partial charge in [-0.15, -0.1) is 0 Å². The molecule has 1 saturated carbocycles. The summed E-state index contributed by atoms with van der Waals surface area (Å²) in [5.74, 6) is 1.49. The summed E-state index contributed by atoms with van der Waals surface area (Å²) in [7, 11) is 0. The molecule has 1 N–H and O–H groups in total. The highest BCUT2D eigenvalue weighted by molar-refractivity contribution is 6.31. The number of benzene rings is 1. The van der Waals surface area contributed by atoms with E-state index in [1.54, 1.807) is 0 Å². The van der Waals surface area contributed by atoms with Gasteiger partial charge in [-0.3, -0.25) is 0 Å². The molecular weight excluding hydrogens is 284 g/mol. The van der Waals surface area contributed by atoms with Gasteiger partial charge >= 0.3 is 0 Å². The Morgan fingerprint density at radius 3 is 2.62 bits per heavy atom. The maximum atomic E-state index is 6.27. The molecule has 3 rings (SSSR count). The summed E-state index contributed by atoms with van der Waals surface area (Å²) >= 11 is 6.27. The van der Waals surface area contributed by atoms with Gasteiger partial charge in [0, 0.05) is 22.7 Å². The molecule has 0 bridgehead atoms. The predicted octanol–water partition coefficient (Wildman–Crippen LogP) is 4.54. The maximum absolute atomic E-state index is 6.27. The molecule has 1 fully saturated rings. The Morgan fingerprint density at radius 2 is 2.00 bits per heavy atom. The van der Waals surface area contributed by atoms with Crippen LogP contribution in [0.4, 0.5) is 0 Å². The molecule has 21 heavy (non-hydrogen) atoms. The number of aromatic nitrogens is 1. The van der Waals surface area contributed by atoms with Crippen LogP contribution in [-0.4, -0.2) is 11.2 Å². The van der Waals surface area contributed by atoms with Crippen molar-refractivity contribution in [1.29, 1.82) is 0 Å². The van der Waals surface area contributed by atoms with Crippen LogP contribution < -0.4 is 5.32 Å². The van der Waals surface area contributed by atoms with E-state index in [4.69, 9.17) is 16.1 Å². The average Bonchev–Trinajstić information content (AvgIpc) is 2.74. The summed E-state index contributed by atoms with van der Waals surface area (Å²) < 4.78 is 5.25. The van der Waals surface area contributed by atoms with E-state index in [1.807, 2.05) is 26.0 Å². The first-order valence-electron chi connectivity index (χ1n) is 7.49. The minimum Gasteiger partial charge on any atom is -0.361 e. The Hall–Kier alpha value is -1.32. The van der Waals surface area contributed by atoms with Crippen molar-refractivity contribution in [3.05, 3.63) is 51.9 Å². The molecule has 1 aromatic carbocycles. The molecule has 1 atom stereocenters. The molecule has 1 aromatic heterocycles. The first kappa shape index (κ1) is 14.6. The molecule has 112 valence electrons. The average molecular weight is 305 g/mol. The second kappa shape index (κ2) is 5.82. The number of aryl methyl sites for hydroxylation is 2. The summed E-state index contributed by atoms with van der Waals surface area (Å²) in [6, 6.07) is 8.97. The van der Waals surface area contributed by atoms with Gasteiger partial charge in [0.1, 0.15) is 5.76 Å². The molecule has 2 aromatic rings. The minimum absolute atomic E-state index is 0.272. The molecule has 1 aliphatic carbocycles. The van der Waals surface area contributed by atoms with E-state index in [1.165, 1.54) is 11.1 Å². The fourth-order valence-electron chi connectivity index (χ4n) is 3.36. The molecule has 1 unspecified atom stereocenters. The summed E-state index contributed by atoms with van der Waals surface area (Å²) in [6.45, 7) is 6.15. The van der Waals surface area contributed by atoms with Crippen molar-refractivity contribution in [2.75, 3.05) is 0 Å². The van der Waals surface area contributed by atoms with Gasteiger partial charge in [-0.1, -0.05) is 35.0 Å². The number of rotatable bonds is 4. The second-order valence-electron chi connectivity index (χ2n) is 6.01. The van der Waals surface area contributed by atoms with Crippen molar-refractivity contribution in [3.8, 4) is 0 Å². The van der Waals surface area contributed by atoms with Gasteiger partial charge in [-0.05, 0) is 51.2 Å². The Balaban J connectivity index is 1.59.